The zero-order valence-corrected chi connectivity index (χ0v) is 15.9. The first-order chi connectivity index (χ1) is 11.8. The zero-order chi connectivity index (χ0) is 18.4. The number of benzene rings is 2. The molecule has 0 bridgehead atoms. The largest absolute Gasteiger partial charge is 0.303 e. The fourth-order valence-corrected chi connectivity index (χ4v) is 3.15. The van der Waals surface area contributed by atoms with Gasteiger partial charge in [-0.25, -0.2) is 8.42 Å². The summed E-state index contributed by atoms with van der Waals surface area (Å²) >= 11 is 3.26. The van der Waals surface area contributed by atoms with Gasteiger partial charge in [-0.05, 0) is 55.0 Å². The number of hydrogen-bond acceptors (Lipinski definition) is 4. The van der Waals surface area contributed by atoms with E-state index in [0.717, 1.165) is 4.47 Å². The summed E-state index contributed by atoms with van der Waals surface area (Å²) in [5.74, 6) is -0.336. The molecule has 0 aliphatic carbocycles. The van der Waals surface area contributed by atoms with E-state index in [-0.39, 0.29) is 10.8 Å². The number of rotatable bonds is 7. The third-order valence-electron chi connectivity index (χ3n) is 3.30. The molecule has 0 fully saturated rings. The van der Waals surface area contributed by atoms with Crippen molar-refractivity contribution in [2.45, 2.75) is 18.2 Å². The molecule has 0 unspecified atom stereocenters. The van der Waals surface area contributed by atoms with E-state index in [1.54, 1.807) is 12.1 Å². The van der Waals surface area contributed by atoms with Gasteiger partial charge in [0.2, 0.25) is 0 Å². The Balaban J connectivity index is 2.05. The number of nitrogens with one attached hydrogen (secondary N) is 3. The quantitative estimate of drug-likeness (QED) is 0.595. The van der Waals surface area contributed by atoms with Gasteiger partial charge in [-0.3, -0.25) is 14.9 Å². The molecule has 3 N–H and O–H groups in total. The summed E-state index contributed by atoms with van der Waals surface area (Å²) in [4.78, 5) is 12.1. The Kier molecular flexibility index (Phi) is 6.22. The first-order valence-corrected chi connectivity index (χ1v) is 9.72. The molecule has 0 spiro atoms. The normalized spacial score (nSPS) is 10.8. The lowest BCUT2D eigenvalue weighted by atomic mass is 10.2. The van der Waals surface area contributed by atoms with E-state index in [2.05, 4.69) is 38.1 Å². The molecule has 0 heterocycles. The van der Waals surface area contributed by atoms with Gasteiger partial charge in [0.15, 0.2) is 0 Å². The lowest BCUT2D eigenvalue weighted by Gasteiger charge is -2.11. The summed E-state index contributed by atoms with van der Waals surface area (Å²) in [7, 11) is -3.68. The molecular formula is C17H18BrN3O3S. The Hall–Kier alpha value is -2.32. The van der Waals surface area contributed by atoms with Gasteiger partial charge in [0.1, 0.15) is 0 Å². The monoisotopic (exact) mass is 423 g/mol. The van der Waals surface area contributed by atoms with Crippen LogP contribution in [0.15, 0.2) is 70.2 Å². The van der Waals surface area contributed by atoms with Gasteiger partial charge in [0.25, 0.3) is 15.9 Å². The van der Waals surface area contributed by atoms with E-state index < -0.39 is 10.0 Å². The highest BCUT2D eigenvalue weighted by molar-refractivity contribution is 9.10. The SMILES string of the molecule is C=C(CC)NNC(=O)c1ccc(NS(=O)(=O)c2ccc(Br)cc2)cc1. The number of hydrogen-bond donors (Lipinski definition) is 3. The van der Waals surface area contributed by atoms with Crippen LogP contribution in [0, 0.1) is 0 Å². The molecule has 8 heteroatoms. The van der Waals surface area contributed by atoms with Gasteiger partial charge in [-0.1, -0.05) is 29.4 Å². The van der Waals surface area contributed by atoms with Gasteiger partial charge in [-0.2, -0.15) is 0 Å². The van der Waals surface area contributed by atoms with Crippen molar-refractivity contribution in [3.05, 3.63) is 70.8 Å². The van der Waals surface area contributed by atoms with Crippen LogP contribution < -0.4 is 15.6 Å². The Bertz CT molecular complexity index is 863. The topological polar surface area (TPSA) is 87.3 Å². The van der Waals surface area contributed by atoms with Gasteiger partial charge < -0.3 is 5.43 Å². The minimum absolute atomic E-state index is 0.153. The third-order valence-corrected chi connectivity index (χ3v) is 5.23. The highest BCUT2D eigenvalue weighted by Crippen LogP contribution is 2.19. The molecule has 1 amide bonds. The Morgan fingerprint density at radius 2 is 1.64 bits per heavy atom. The third kappa shape index (κ3) is 5.33. The number of amides is 1. The molecular weight excluding hydrogens is 406 g/mol. The number of halogens is 1. The highest BCUT2D eigenvalue weighted by Gasteiger charge is 2.14. The summed E-state index contributed by atoms with van der Waals surface area (Å²) < 4.78 is 27.9. The predicted molar refractivity (Wildman–Crippen MR) is 101 cm³/mol. The first-order valence-electron chi connectivity index (χ1n) is 7.44. The molecule has 6 nitrogen and oxygen atoms in total. The maximum Gasteiger partial charge on any atom is 0.269 e. The lowest BCUT2D eigenvalue weighted by Crippen LogP contribution is -2.36. The maximum atomic E-state index is 12.3. The average Bonchev–Trinajstić information content (AvgIpc) is 2.60. The number of carbonyl (C=O) groups is 1. The number of hydrazine groups is 1. The van der Waals surface area contributed by atoms with Crippen LogP contribution in [0.2, 0.25) is 0 Å². The zero-order valence-electron chi connectivity index (χ0n) is 13.5. The average molecular weight is 424 g/mol. The second-order valence-corrected chi connectivity index (χ2v) is 7.77. The van der Waals surface area contributed by atoms with Crippen molar-refractivity contribution >= 4 is 37.5 Å². The van der Waals surface area contributed by atoms with Gasteiger partial charge in [0.05, 0.1) is 4.90 Å². The van der Waals surface area contributed by atoms with Gasteiger partial charge in [0, 0.05) is 21.4 Å². The lowest BCUT2D eigenvalue weighted by molar-refractivity contribution is 0.0938. The van der Waals surface area contributed by atoms with Crippen molar-refractivity contribution in [1.82, 2.24) is 10.9 Å². The summed E-state index contributed by atoms with van der Waals surface area (Å²) in [5, 5.41) is 0. The van der Waals surface area contributed by atoms with E-state index in [0.29, 0.717) is 23.4 Å². The predicted octanol–water partition coefficient (Wildman–Crippen LogP) is 3.41. The fraction of sp³-hybridized carbons (Fsp3) is 0.118. The summed E-state index contributed by atoms with van der Waals surface area (Å²) in [6.07, 6.45) is 0.692. The van der Waals surface area contributed by atoms with Crippen molar-refractivity contribution in [2.75, 3.05) is 4.72 Å². The van der Waals surface area contributed by atoms with E-state index in [1.807, 2.05) is 6.92 Å². The van der Waals surface area contributed by atoms with Crippen LogP contribution in [-0.4, -0.2) is 14.3 Å². The smallest absolute Gasteiger partial charge is 0.269 e. The molecule has 0 aliphatic rings. The molecule has 0 aromatic heterocycles. The van der Waals surface area contributed by atoms with Gasteiger partial charge in [-0.15, -0.1) is 0 Å². The molecule has 2 aromatic carbocycles. The molecule has 0 radical (unpaired) electrons. The van der Waals surface area contributed by atoms with Crippen LogP contribution in [0.4, 0.5) is 5.69 Å². The molecule has 0 aliphatic heterocycles. The molecule has 2 aromatic rings. The maximum absolute atomic E-state index is 12.3. The first kappa shape index (κ1) is 19.0. The molecule has 0 saturated heterocycles. The Labute approximate surface area is 155 Å². The number of sulfonamides is 1. The van der Waals surface area contributed by atoms with E-state index in [4.69, 9.17) is 0 Å². The Morgan fingerprint density at radius 3 is 2.20 bits per heavy atom. The second kappa shape index (κ2) is 8.17. The van der Waals surface area contributed by atoms with Gasteiger partial charge >= 0.3 is 0 Å². The second-order valence-electron chi connectivity index (χ2n) is 5.17. The molecule has 0 atom stereocenters. The van der Waals surface area contributed by atoms with Crippen LogP contribution in [0.25, 0.3) is 0 Å². The van der Waals surface area contributed by atoms with Crippen LogP contribution in [-0.2, 0) is 10.0 Å². The molecule has 25 heavy (non-hydrogen) atoms. The van der Waals surface area contributed by atoms with E-state index in [9.17, 15) is 13.2 Å². The molecule has 2 rings (SSSR count). The number of anilines is 1. The van der Waals surface area contributed by atoms with Crippen LogP contribution in [0.5, 0.6) is 0 Å². The standard InChI is InChI=1S/C17H18BrN3O3S/c1-3-12(2)19-20-17(22)13-4-8-15(9-5-13)21-25(23,24)16-10-6-14(18)7-11-16/h4-11,19,21H,2-3H2,1H3,(H,20,22). The minimum Gasteiger partial charge on any atom is -0.303 e. The van der Waals surface area contributed by atoms with E-state index in [1.165, 1.54) is 36.4 Å². The van der Waals surface area contributed by atoms with Crippen LogP contribution >= 0.6 is 15.9 Å². The minimum atomic E-state index is -3.68. The fourth-order valence-electron chi connectivity index (χ4n) is 1.82. The summed E-state index contributed by atoms with van der Waals surface area (Å²) in [5.41, 5.74) is 6.66. The highest BCUT2D eigenvalue weighted by atomic mass is 79.9. The summed E-state index contributed by atoms with van der Waals surface area (Å²) in [6, 6.07) is 12.4. The van der Waals surface area contributed by atoms with Crippen molar-refractivity contribution < 1.29 is 13.2 Å². The number of allylic oxidation sites excluding steroid dienone is 1. The van der Waals surface area contributed by atoms with E-state index >= 15 is 0 Å². The van der Waals surface area contributed by atoms with Crippen LogP contribution in [0.1, 0.15) is 23.7 Å². The van der Waals surface area contributed by atoms with Crippen molar-refractivity contribution in [3.8, 4) is 0 Å². The molecule has 132 valence electrons. The Morgan fingerprint density at radius 1 is 1.04 bits per heavy atom. The van der Waals surface area contributed by atoms with Crippen molar-refractivity contribution in [3.63, 3.8) is 0 Å². The number of carbonyl (C=O) groups excluding carboxylic acids is 1. The summed E-state index contributed by atoms with van der Waals surface area (Å²) in [6.45, 7) is 5.63. The van der Waals surface area contributed by atoms with Crippen molar-refractivity contribution in [1.29, 1.82) is 0 Å². The van der Waals surface area contributed by atoms with Crippen LogP contribution in [0.3, 0.4) is 0 Å². The molecule has 0 saturated carbocycles. The van der Waals surface area contributed by atoms with Crippen molar-refractivity contribution in [2.24, 2.45) is 0 Å².